The van der Waals surface area contributed by atoms with E-state index in [1.807, 2.05) is 0 Å². The van der Waals surface area contributed by atoms with Crippen LogP contribution in [0, 0.1) is 5.92 Å². The number of hydroxylamine groups is 2. The van der Waals surface area contributed by atoms with Gasteiger partial charge in [-0.2, -0.15) is 0 Å². The van der Waals surface area contributed by atoms with Crippen molar-refractivity contribution >= 4 is 17.8 Å². The lowest BCUT2D eigenvalue weighted by Crippen LogP contribution is -2.37. The molecule has 2 aliphatic heterocycles. The molecule has 0 saturated carbocycles. The van der Waals surface area contributed by atoms with Crippen LogP contribution in [0.1, 0.15) is 45.2 Å². The van der Waals surface area contributed by atoms with Crippen molar-refractivity contribution in [3.8, 4) is 0 Å². The standard InChI is InChI=1S/C16H12F2N4O4/c17-12(18)13-20-19-11-6-5-8(7-21(11)13)16(25)26-22-14(23)9-3-1-2-4-10(9)15(22)24/h1-4,8,12H,5-7H2. The van der Waals surface area contributed by atoms with Crippen molar-refractivity contribution in [3.05, 3.63) is 47.0 Å². The summed E-state index contributed by atoms with van der Waals surface area (Å²) in [5.74, 6) is -3.23. The number of hydrogen-bond acceptors (Lipinski definition) is 6. The molecule has 2 aromatic rings. The van der Waals surface area contributed by atoms with Crippen LogP contribution in [-0.2, 0) is 22.6 Å². The van der Waals surface area contributed by atoms with Crippen molar-refractivity contribution in [3.63, 3.8) is 0 Å². The Bertz CT molecular complexity index is 892. The number of carbonyl (C=O) groups is 3. The second kappa shape index (κ2) is 5.97. The molecule has 4 rings (SSSR count). The normalized spacial score (nSPS) is 18.9. The highest BCUT2D eigenvalue weighted by molar-refractivity contribution is 6.20. The fourth-order valence-electron chi connectivity index (χ4n) is 3.12. The molecule has 0 aliphatic carbocycles. The molecule has 1 aromatic carbocycles. The van der Waals surface area contributed by atoms with Gasteiger partial charge in [0.2, 0.25) is 0 Å². The zero-order chi connectivity index (χ0) is 18.4. The molecule has 1 atom stereocenters. The van der Waals surface area contributed by atoms with Gasteiger partial charge < -0.3 is 9.40 Å². The molecular formula is C16H12F2N4O4. The van der Waals surface area contributed by atoms with Gasteiger partial charge in [-0.1, -0.05) is 17.2 Å². The van der Waals surface area contributed by atoms with Crippen LogP contribution in [0.25, 0.3) is 0 Å². The van der Waals surface area contributed by atoms with Crippen molar-refractivity contribution in [1.29, 1.82) is 0 Å². The summed E-state index contributed by atoms with van der Waals surface area (Å²) in [6.45, 7) is -0.0932. The number of halogens is 2. The number of fused-ring (bicyclic) bond motifs is 2. The fraction of sp³-hybridized carbons (Fsp3) is 0.312. The average molecular weight is 362 g/mol. The highest BCUT2D eigenvalue weighted by Crippen LogP contribution is 2.28. The number of amides is 2. The molecule has 0 spiro atoms. The minimum Gasteiger partial charge on any atom is -0.329 e. The number of aryl methyl sites for hydroxylation is 1. The van der Waals surface area contributed by atoms with Crippen LogP contribution >= 0.6 is 0 Å². The lowest BCUT2D eigenvalue weighted by molar-refractivity contribution is -0.174. The number of rotatable bonds is 3. The molecule has 8 nitrogen and oxygen atoms in total. The first-order valence-electron chi connectivity index (χ1n) is 7.87. The van der Waals surface area contributed by atoms with Gasteiger partial charge >= 0.3 is 5.97 Å². The topological polar surface area (TPSA) is 94.4 Å². The summed E-state index contributed by atoms with van der Waals surface area (Å²) in [5, 5.41) is 7.55. The van der Waals surface area contributed by atoms with Gasteiger partial charge in [0.05, 0.1) is 17.0 Å². The Kier molecular flexibility index (Phi) is 3.74. The molecule has 0 bridgehead atoms. The summed E-state index contributed by atoms with van der Waals surface area (Å²) >= 11 is 0. The third-order valence-corrected chi connectivity index (χ3v) is 4.44. The van der Waals surface area contributed by atoms with Crippen LogP contribution in [0.3, 0.4) is 0 Å². The van der Waals surface area contributed by atoms with E-state index >= 15 is 0 Å². The molecule has 2 aliphatic rings. The quantitative estimate of drug-likeness (QED) is 0.769. The smallest absolute Gasteiger partial charge is 0.329 e. The number of nitrogens with zero attached hydrogens (tertiary/aromatic N) is 4. The van der Waals surface area contributed by atoms with Gasteiger partial charge in [0, 0.05) is 13.0 Å². The summed E-state index contributed by atoms with van der Waals surface area (Å²) in [7, 11) is 0. The lowest BCUT2D eigenvalue weighted by Gasteiger charge is -2.24. The molecule has 0 fully saturated rings. The first kappa shape index (κ1) is 16.3. The van der Waals surface area contributed by atoms with Crippen LogP contribution in [-0.4, -0.2) is 37.6 Å². The predicted molar refractivity (Wildman–Crippen MR) is 79.8 cm³/mol. The predicted octanol–water partition coefficient (Wildman–Crippen LogP) is 1.53. The third-order valence-electron chi connectivity index (χ3n) is 4.44. The highest BCUT2D eigenvalue weighted by Gasteiger charge is 2.40. The molecule has 0 N–H and O–H groups in total. The van der Waals surface area contributed by atoms with Gasteiger partial charge in [-0.15, -0.1) is 10.2 Å². The van der Waals surface area contributed by atoms with Crippen molar-refractivity contribution in [1.82, 2.24) is 19.8 Å². The Morgan fingerprint density at radius 2 is 1.81 bits per heavy atom. The van der Waals surface area contributed by atoms with Crippen molar-refractivity contribution < 1.29 is 28.0 Å². The van der Waals surface area contributed by atoms with Crippen molar-refractivity contribution in [2.24, 2.45) is 5.92 Å². The molecule has 10 heteroatoms. The number of carbonyl (C=O) groups excluding carboxylic acids is 3. The van der Waals surface area contributed by atoms with E-state index < -0.39 is 36.0 Å². The van der Waals surface area contributed by atoms with Crippen LogP contribution in [0.2, 0.25) is 0 Å². The van der Waals surface area contributed by atoms with Crippen LogP contribution in [0.4, 0.5) is 8.78 Å². The Morgan fingerprint density at radius 3 is 2.42 bits per heavy atom. The van der Waals surface area contributed by atoms with Crippen molar-refractivity contribution in [2.45, 2.75) is 25.8 Å². The maximum atomic E-state index is 13.0. The summed E-state index contributed by atoms with van der Waals surface area (Å²) < 4.78 is 27.1. The minimum absolute atomic E-state index is 0.0932. The van der Waals surface area contributed by atoms with E-state index in [0.717, 1.165) is 0 Å². The number of alkyl halides is 2. The number of aromatic nitrogens is 3. The molecule has 1 aromatic heterocycles. The van der Waals surface area contributed by atoms with Gasteiger partial charge in [0.15, 0.2) is 5.82 Å². The van der Waals surface area contributed by atoms with Gasteiger partial charge in [-0.3, -0.25) is 9.59 Å². The molecule has 3 heterocycles. The molecular weight excluding hydrogens is 350 g/mol. The Morgan fingerprint density at radius 1 is 1.15 bits per heavy atom. The Balaban J connectivity index is 1.51. The van der Waals surface area contributed by atoms with E-state index in [2.05, 4.69) is 10.2 Å². The summed E-state index contributed by atoms with van der Waals surface area (Å²) in [5.41, 5.74) is 0.296. The first-order valence-corrected chi connectivity index (χ1v) is 7.87. The van der Waals surface area contributed by atoms with Crippen molar-refractivity contribution in [2.75, 3.05) is 0 Å². The summed E-state index contributed by atoms with van der Waals surface area (Å²) in [6.07, 6.45) is -2.26. The molecule has 2 amide bonds. The number of hydrogen-bond donors (Lipinski definition) is 0. The van der Waals surface area contributed by atoms with Gasteiger partial charge in [-0.05, 0) is 18.6 Å². The minimum atomic E-state index is -2.82. The van der Waals surface area contributed by atoms with Crippen LogP contribution < -0.4 is 0 Å². The van der Waals surface area contributed by atoms with E-state index in [0.29, 0.717) is 17.3 Å². The SMILES string of the molecule is O=C(ON1C(=O)c2ccccc2C1=O)C1CCc2nnc(C(F)F)n2C1. The van der Waals surface area contributed by atoms with E-state index in [-0.39, 0.29) is 24.1 Å². The zero-order valence-corrected chi connectivity index (χ0v) is 13.3. The lowest BCUT2D eigenvalue weighted by atomic mass is 9.99. The first-order chi connectivity index (χ1) is 12.5. The zero-order valence-electron chi connectivity index (χ0n) is 13.3. The average Bonchev–Trinajstić information content (AvgIpc) is 3.17. The van der Waals surface area contributed by atoms with Gasteiger partial charge in [0.25, 0.3) is 18.2 Å². The summed E-state index contributed by atoms with van der Waals surface area (Å²) in [6, 6.07) is 6.11. The van der Waals surface area contributed by atoms with Gasteiger partial charge in [0.1, 0.15) is 5.82 Å². The summed E-state index contributed by atoms with van der Waals surface area (Å²) in [4.78, 5) is 41.9. The highest BCUT2D eigenvalue weighted by atomic mass is 19.3. The fourth-order valence-corrected chi connectivity index (χ4v) is 3.12. The third kappa shape index (κ3) is 2.45. The number of imide groups is 1. The van der Waals surface area contributed by atoms with Gasteiger partial charge in [-0.25, -0.2) is 13.6 Å². The Hall–Kier alpha value is -3.17. The van der Waals surface area contributed by atoms with E-state index in [1.54, 1.807) is 12.1 Å². The van der Waals surface area contributed by atoms with E-state index in [4.69, 9.17) is 4.84 Å². The monoisotopic (exact) mass is 362 g/mol. The maximum absolute atomic E-state index is 13.0. The number of benzene rings is 1. The van der Waals surface area contributed by atoms with E-state index in [9.17, 15) is 23.2 Å². The van der Waals surface area contributed by atoms with E-state index in [1.165, 1.54) is 16.7 Å². The molecule has 134 valence electrons. The Labute approximate surface area is 145 Å². The molecule has 0 radical (unpaired) electrons. The molecule has 26 heavy (non-hydrogen) atoms. The largest absolute Gasteiger partial charge is 0.338 e. The molecule has 1 unspecified atom stereocenters. The van der Waals surface area contributed by atoms with Crippen LogP contribution in [0.5, 0.6) is 0 Å². The maximum Gasteiger partial charge on any atom is 0.338 e. The second-order valence-electron chi connectivity index (χ2n) is 5.98. The van der Waals surface area contributed by atoms with Crippen LogP contribution in [0.15, 0.2) is 24.3 Å². The second-order valence-corrected chi connectivity index (χ2v) is 5.98. The molecule has 0 saturated heterocycles.